The van der Waals surface area contributed by atoms with Crippen LogP contribution in [0.25, 0.3) is 21.3 Å². The van der Waals surface area contributed by atoms with Crippen LogP contribution in [0.3, 0.4) is 0 Å². The first kappa shape index (κ1) is 18.4. The Bertz CT molecular complexity index is 1150. The number of fused-ring (bicyclic) bond motifs is 1. The summed E-state index contributed by atoms with van der Waals surface area (Å²) in [5.41, 5.74) is 3.09. The summed E-state index contributed by atoms with van der Waals surface area (Å²) >= 11 is 1.52. The molecule has 0 aliphatic rings. The standard InChI is InChI=1S/C22H21N3O2S/c1-25(12-15-7-6-10-17(11-15)27-2)13-19-23-21(26)20-18(14-28-22(20)24-19)16-8-4-3-5-9-16/h3-11,14H,12-13H2,1-2H3,(H,23,24,26)/p+1. The average Bonchev–Trinajstić information content (AvgIpc) is 3.13. The lowest BCUT2D eigenvalue weighted by Crippen LogP contribution is -3.06. The number of ether oxygens (including phenoxy) is 1. The van der Waals surface area contributed by atoms with E-state index in [9.17, 15) is 4.79 Å². The van der Waals surface area contributed by atoms with Crippen molar-refractivity contribution in [3.63, 3.8) is 0 Å². The molecule has 142 valence electrons. The Morgan fingerprint density at radius 3 is 2.71 bits per heavy atom. The van der Waals surface area contributed by atoms with Gasteiger partial charge < -0.3 is 14.6 Å². The van der Waals surface area contributed by atoms with Crippen molar-refractivity contribution in [2.45, 2.75) is 13.1 Å². The van der Waals surface area contributed by atoms with Crippen LogP contribution in [0.2, 0.25) is 0 Å². The number of thiophene rings is 1. The van der Waals surface area contributed by atoms with E-state index in [0.717, 1.165) is 28.3 Å². The van der Waals surface area contributed by atoms with E-state index in [0.29, 0.717) is 17.8 Å². The number of rotatable bonds is 6. The summed E-state index contributed by atoms with van der Waals surface area (Å²) in [6, 6.07) is 18.0. The highest BCUT2D eigenvalue weighted by atomic mass is 32.1. The molecule has 2 heterocycles. The number of hydrogen-bond acceptors (Lipinski definition) is 4. The molecule has 0 saturated heterocycles. The van der Waals surface area contributed by atoms with E-state index in [-0.39, 0.29) is 5.56 Å². The van der Waals surface area contributed by atoms with Crippen LogP contribution < -0.4 is 15.2 Å². The van der Waals surface area contributed by atoms with Gasteiger partial charge in [-0.3, -0.25) is 4.79 Å². The Morgan fingerprint density at radius 1 is 1.11 bits per heavy atom. The maximum absolute atomic E-state index is 12.8. The molecule has 0 aliphatic heterocycles. The van der Waals surface area contributed by atoms with Gasteiger partial charge in [-0.05, 0) is 17.7 Å². The number of aromatic amines is 1. The molecule has 1 atom stereocenters. The first-order chi connectivity index (χ1) is 13.6. The van der Waals surface area contributed by atoms with Crippen LogP contribution in [-0.4, -0.2) is 24.1 Å². The molecule has 1 unspecified atom stereocenters. The summed E-state index contributed by atoms with van der Waals surface area (Å²) in [5.74, 6) is 1.56. The molecule has 4 aromatic rings. The van der Waals surface area contributed by atoms with Gasteiger partial charge in [-0.15, -0.1) is 11.3 Å². The number of benzene rings is 2. The second-order valence-corrected chi connectivity index (χ2v) is 7.73. The van der Waals surface area contributed by atoms with Gasteiger partial charge in [-0.25, -0.2) is 4.98 Å². The molecule has 0 spiro atoms. The number of methoxy groups -OCH3 is 1. The van der Waals surface area contributed by atoms with Crippen molar-refractivity contribution in [3.05, 3.63) is 81.7 Å². The molecule has 0 fully saturated rings. The molecule has 2 aromatic heterocycles. The van der Waals surface area contributed by atoms with Gasteiger partial charge in [-0.2, -0.15) is 0 Å². The van der Waals surface area contributed by atoms with Gasteiger partial charge in [0.05, 0.1) is 19.5 Å². The minimum absolute atomic E-state index is 0.0747. The van der Waals surface area contributed by atoms with E-state index in [2.05, 4.69) is 18.1 Å². The smallest absolute Gasteiger partial charge is 0.260 e. The second kappa shape index (κ2) is 7.96. The maximum Gasteiger partial charge on any atom is 0.260 e. The molecule has 5 nitrogen and oxygen atoms in total. The van der Waals surface area contributed by atoms with E-state index < -0.39 is 0 Å². The van der Waals surface area contributed by atoms with Crippen molar-refractivity contribution in [2.75, 3.05) is 14.2 Å². The van der Waals surface area contributed by atoms with Gasteiger partial charge in [0.1, 0.15) is 23.7 Å². The zero-order valence-corrected chi connectivity index (χ0v) is 16.7. The van der Waals surface area contributed by atoms with Gasteiger partial charge in [-0.1, -0.05) is 42.5 Å². The van der Waals surface area contributed by atoms with Gasteiger partial charge in [0.15, 0.2) is 5.82 Å². The van der Waals surface area contributed by atoms with Crippen LogP contribution in [0.15, 0.2) is 64.8 Å². The number of hydrogen-bond donors (Lipinski definition) is 2. The highest BCUT2D eigenvalue weighted by molar-refractivity contribution is 7.17. The number of nitrogens with one attached hydrogen (secondary N) is 2. The Balaban J connectivity index is 1.57. The van der Waals surface area contributed by atoms with Crippen molar-refractivity contribution in [1.29, 1.82) is 0 Å². The van der Waals surface area contributed by atoms with E-state index >= 15 is 0 Å². The van der Waals surface area contributed by atoms with E-state index in [1.54, 1.807) is 7.11 Å². The molecule has 2 N–H and O–H groups in total. The Labute approximate surface area is 167 Å². The van der Waals surface area contributed by atoms with Gasteiger partial charge in [0, 0.05) is 16.5 Å². The Kier molecular flexibility index (Phi) is 5.23. The fraction of sp³-hybridized carbons (Fsp3) is 0.182. The maximum atomic E-state index is 12.8. The van der Waals surface area contributed by atoms with Crippen molar-refractivity contribution >= 4 is 21.6 Å². The second-order valence-electron chi connectivity index (χ2n) is 6.87. The summed E-state index contributed by atoms with van der Waals surface area (Å²) in [7, 11) is 3.76. The topological polar surface area (TPSA) is 59.4 Å². The van der Waals surface area contributed by atoms with Crippen molar-refractivity contribution in [1.82, 2.24) is 9.97 Å². The first-order valence-corrected chi connectivity index (χ1v) is 10.0. The minimum atomic E-state index is -0.0747. The fourth-order valence-corrected chi connectivity index (χ4v) is 4.35. The van der Waals surface area contributed by atoms with Crippen LogP contribution in [0, 0.1) is 0 Å². The lowest BCUT2D eigenvalue weighted by atomic mass is 10.1. The molecule has 0 bridgehead atoms. The summed E-state index contributed by atoms with van der Waals surface area (Å²) in [4.78, 5) is 22.5. The third-order valence-electron chi connectivity index (χ3n) is 4.69. The predicted molar refractivity (Wildman–Crippen MR) is 113 cm³/mol. The molecule has 0 radical (unpaired) electrons. The van der Waals surface area contributed by atoms with Crippen LogP contribution in [0.4, 0.5) is 0 Å². The summed E-state index contributed by atoms with van der Waals surface area (Å²) in [5, 5.41) is 2.68. The highest BCUT2D eigenvalue weighted by Gasteiger charge is 2.15. The zero-order valence-electron chi connectivity index (χ0n) is 15.9. The van der Waals surface area contributed by atoms with E-state index in [1.807, 2.05) is 53.9 Å². The largest absolute Gasteiger partial charge is 0.497 e. The van der Waals surface area contributed by atoms with Crippen LogP contribution in [0.5, 0.6) is 5.75 Å². The van der Waals surface area contributed by atoms with Crippen molar-refractivity contribution in [2.24, 2.45) is 0 Å². The molecule has 4 rings (SSSR count). The molecule has 0 amide bonds. The van der Waals surface area contributed by atoms with E-state index in [4.69, 9.17) is 9.72 Å². The molecule has 0 aliphatic carbocycles. The molecular weight excluding hydrogens is 370 g/mol. The zero-order chi connectivity index (χ0) is 19.5. The number of nitrogens with zero attached hydrogens (tertiary/aromatic N) is 1. The summed E-state index contributed by atoms with van der Waals surface area (Å²) < 4.78 is 5.29. The summed E-state index contributed by atoms with van der Waals surface area (Å²) in [6.45, 7) is 1.46. The highest BCUT2D eigenvalue weighted by Crippen LogP contribution is 2.30. The van der Waals surface area contributed by atoms with Gasteiger partial charge in [0.25, 0.3) is 5.56 Å². The van der Waals surface area contributed by atoms with Gasteiger partial charge >= 0.3 is 0 Å². The normalized spacial score (nSPS) is 12.2. The van der Waals surface area contributed by atoms with Crippen LogP contribution >= 0.6 is 11.3 Å². The fourth-order valence-electron chi connectivity index (χ4n) is 3.39. The third-order valence-corrected chi connectivity index (χ3v) is 5.56. The van der Waals surface area contributed by atoms with Crippen LogP contribution in [-0.2, 0) is 13.1 Å². The Hall–Kier alpha value is -2.96. The first-order valence-electron chi connectivity index (χ1n) is 9.14. The van der Waals surface area contributed by atoms with Gasteiger partial charge in [0.2, 0.25) is 0 Å². The third kappa shape index (κ3) is 3.83. The summed E-state index contributed by atoms with van der Waals surface area (Å²) in [6.07, 6.45) is 0. The molecule has 0 saturated carbocycles. The number of aromatic nitrogens is 2. The lowest BCUT2D eigenvalue weighted by molar-refractivity contribution is -0.908. The molecule has 6 heteroatoms. The molecule has 2 aromatic carbocycles. The SMILES string of the molecule is COc1cccc(C[NH+](C)Cc2nc3scc(-c4ccccc4)c3c(=O)[nH]2)c1. The van der Waals surface area contributed by atoms with Crippen LogP contribution in [0.1, 0.15) is 11.4 Å². The van der Waals surface area contributed by atoms with Crippen molar-refractivity contribution in [3.8, 4) is 16.9 Å². The van der Waals surface area contributed by atoms with E-state index in [1.165, 1.54) is 21.8 Å². The number of quaternary nitrogens is 1. The minimum Gasteiger partial charge on any atom is -0.497 e. The predicted octanol–water partition coefficient (Wildman–Crippen LogP) is 2.88. The molecule has 28 heavy (non-hydrogen) atoms. The lowest BCUT2D eigenvalue weighted by Gasteiger charge is -2.14. The monoisotopic (exact) mass is 392 g/mol. The Morgan fingerprint density at radius 2 is 1.93 bits per heavy atom. The molecular formula is C22H22N3O2S+. The van der Waals surface area contributed by atoms with Crippen molar-refractivity contribution < 1.29 is 9.64 Å². The number of H-pyrrole nitrogens is 1. The quantitative estimate of drug-likeness (QED) is 0.530. The average molecular weight is 393 g/mol.